The zero-order valence-corrected chi connectivity index (χ0v) is 14.0. The van der Waals surface area contributed by atoms with E-state index in [2.05, 4.69) is 36.2 Å². The van der Waals surface area contributed by atoms with E-state index in [1.54, 1.807) is 0 Å². The summed E-state index contributed by atoms with van der Waals surface area (Å²) in [5.74, 6) is 0.921. The van der Waals surface area contributed by atoms with Gasteiger partial charge in [-0.2, -0.15) is 0 Å². The third-order valence-corrected chi connectivity index (χ3v) is 5.83. The van der Waals surface area contributed by atoms with Gasteiger partial charge in [-0.3, -0.25) is 4.90 Å². The van der Waals surface area contributed by atoms with Crippen LogP contribution in [0.4, 0.5) is 0 Å². The van der Waals surface area contributed by atoms with Gasteiger partial charge in [-0.25, -0.2) is 0 Å². The second-order valence-electron chi connectivity index (χ2n) is 6.76. The van der Waals surface area contributed by atoms with Crippen LogP contribution in [-0.4, -0.2) is 29.6 Å². The van der Waals surface area contributed by atoms with Gasteiger partial charge in [0.25, 0.3) is 0 Å². The number of hydrogen-bond acceptors (Lipinski definition) is 2. The largest absolute Gasteiger partial charge is 0.311 e. The van der Waals surface area contributed by atoms with Crippen LogP contribution >= 0.6 is 11.6 Å². The molecule has 0 radical (unpaired) electrons. The van der Waals surface area contributed by atoms with Gasteiger partial charge < -0.3 is 5.32 Å². The summed E-state index contributed by atoms with van der Waals surface area (Å²) >= 11 is 6.01. The fraction of sp³-hybridized carbons (Fsp3) is 0.667. The number of piperazine rings is 1. The molecule has 2 aliphatic rings. The molecular formula is C18H27ClN2. The molecule has 3 rings (SSSR count). The average molecular weight is 307 g/mol. The van der Waals surface area contributed by atoms with Crippen molar-refractivity contribution in [1.29, 1.82) is 0 Å². The highest BCUT2D eigenvalue weighted by atomic mass is 35.5. The van der Waals surface area contributed by atoms with Crippen molar-refractivity contribution in [2.45, 2.75) is 57.7 Å². The first-order valence-corrected chi connectivity index (χ1v) is 8.77. The maximum absolute atomic E-state index is 6.01. The molecule has 1 saturated heterocycles. The average Bonchev–Trinajstić information content (AvgIpc) is 3.34. The Morgan fingerprint density at radius 3 is 2.43 bits per heavy atom. The molecule has 1 heterocycles. The molecule has 1 unspecified atom stereocenters. The Morgan fingerprint density at radius 2 is 1.86 bits per heavy atom. The summed E-state index contributed by atoms with van der Waals surface area (Å²) in [6, 6.07) is 9.07. The number of hydrogen-bond donors (Lipinski definition) is 1. The zero-order valence-electron chi connectivity index (χ0n) is 13.2. The normalized spacial score (nSPS) is 26.0. The fourth-order valence-corrected chi connectivity index (χ4v) is 3.86. The van der Waals surface area contributed by atoms with Gasteiger partial charge in [-0.15, -0.1) is 0 Å². The first-order valence-electron chi connectivity index (χ1n) is 8.40. The minimum atomic E-state index is 0.311. The van der Waals surface area contributed by atoms with Crippen molar-refractivity contribution in [3.8, 4) is 0 Å². The zero-order chi connectivity index (χ0) is 14.9. The van der Waals surface area contributed by atoms with Crippen LogP contribution in [0, 0.1) is 5.92 Å². The van der Waals surface area contributed by atoms with Gasteiger partial charge in [-0.1, -0.05) is 37.6 Å². The molecule has 1 N–H and O–H groups in total. The molecular weight excluding hydrogens is 280 g/mol. The molecule has 0 bridgehead atoms. The number of nitrogens with one attached hydrogen (secondary N) is 1. The molecule has 0 spiro atoms. The maximum atomic E-state index is 6.01. The molecule has 116 valence electrons. The Bertz CT molecular complexity index is 463. The highest BCUT2D eigenvalue weighted by Gasteiger charge is 2.43. The second kappa shape index (κ2) is 6.28. The van der Waals surface area contributed by atoms with Gasteiger partial charge in [0.15, 0.2) is 0 Å². The minimum Gasteiger partial charge on any atom is -0.311 e. The predicted octanol–water partition coefficient (Wildman–Crippen LogP) is 4.08. The molecule has 2 fully saturated rings. The summed E-state index contributed by atoms with van der Waals surface area (Å²) < 4.78 is 0. The van der Waals surface area contributed by atoms with E-state index < -0.39 is 0 Å². The van der Waals surface area contributed by atoms with Crippen LogP contribution in [0.25, 0.3) is 0 Å². The summed E-state index contributed by atoms with van der Waals surface area (Å²) in [5, 5.41) is 4.66. The number of benzene rings is 1. The third-order valence-electron chi connectivity index (χ3n) is 5.58. The molecule has 1 aromatic rings. The van der Waals surface area contributed by atoms with Crippen LogP contribution in [0.1, 0.15) is 45.1 Å². The molecule has 0 aromatic heterocycles. The summed E-state index contributed by atoms with van der Waals surface area (Å²) in [6.07, 6.45) is 5.25. The Labute approximate surface area is 133 Å². The van der Waals surface area contributed by atoms with Crippen molar-refractivity contribution >= 4 is 11.6 Å². The van der Waals surface area contributed by atoms with E-state index in [1.165, 1.54) is 37.8 Å². The first kappa shape index (κ1) is 15.3. The summed E-state index contributed by atoms with van der Waals surface area (Å²) in [5.41, 5.74) is 1.69. The van der Waals surface area contributed by atoms with Crippen molar-refractivity contribution in [1.82, 2.24) is 10.2 Å². The molecule has 0 amide bonds. The van der Waals surface area contributed by atoms with Crippen LogP contribution in [-0.2, 0) is 6.54 Å². The third kappa shape index (κ3) is 3.28. The quantitative estimate of drug-likeness (QED) is 0.881. The van der Waals surface area contributed by atoms with E-state index in [0.29, 0.717) is 11.6 Å². The first-order chi connectivity index (χ1) is 10.2. The molecule has 21 heavy (non-hydrogen) atoms. The lowest BCUT2D eigenvalue weighted by Gasteiger charge is -2.50. The van der Waals surface area contributed by atoms with Crippen LogP contribution in [0.5, 0.6) is 0 Å². The van der Waals surface area contributed by atoms with Crippen molar-refractivity contribution in [2.75, 3.05) is 13.1 Å². The molecule has 1 atom stereocenters. The van der Waals surface area contributed by atoms with Crippen molar-refractivity contribution < 1.29 is 0 Å². The van der Waals surface area contributed by atoms with E-state index in [1.807, 2.05) is 12.1 Å². The van der Waals surface area contributed by atoms with E-state index in [0.717, 1.165) is 24.0 Å². The summed E-state index contributed by atoms with van der Waals surface area (Å²) in [4.78, 5) is 2.73. The van der Waals surface area contributed by atoms with Gasteiger partial charge in [-0.05, 0) is 49.3 Å². The fourth-order valence-electron chi connectivity index (χ4n) is 3.73. The van der Waals surface area contributed by atoms with E-state index in [9.17, 15) is 0 Å². The molecule has 1 saturated carbocycles. The smallest absolute Gasteiger partial charge is 0.0406 e. The molecule has 1 aliphatic heterocycles. The Kier molecular flexibility index (Phi) is 4.58. The SMILES string of the molecule is CCC1(CC)CNC(C2CC2)CN1Cc1ccc(Cl)cc1. The van der Waals surface area contributed by atoms with E-state index >= 15 is 0 Å². The molecule has 1 aromatic carbocycles. The predicted molar refractivity (Wildman–Crippen MR) is 89.7 cm³/mol. The van der Waals surface area contributed by atoms with E-state index in [4.69, 9.17) is 11.6 Å². The second-order valence-corrected chi connectivity index (χ2v) is 7.20. The number of rotatable bonds is 5. The Morgan fingerprint density at radius 1 is 1.19 bits per heavy atom. The maximum Gasteiger partial charge on any atom is 0.0406 e. The van der Waals surface area contributed by atoms with Crippen molar-refractivity contribution in [3.63, 3.8) is 0 Å². The van der Waals surface area contributed by atoms with Gasteiger partial charge in [0.05, 0.1) is 0 Å². The van der Waals surface area contributed by atoms with Crippen molar-refractivity contribution in [2.24, 2.45) is 5.92 Å². The lowest BCUT2D eigenvalue weighted by atomic mass is 9.86. The highest BCUT2D eigenvalue weighted by molar-refractivity contribution is 6.30. The lowest BCUT2D eigenvalue weighted by Crippen LogP contribution is -2.64. The topological polar surface area (TPSA) is 15.3 Å². The van der Waals surface area contributed by atoms with Crippen molar-refractivity contribution in [3.05, 3.63) is 34.9 Å². The van der Waals surface area contributed by atoms with Gasteiger partial charge in [0.1, 0.15) is 0 Å². The monoisotopic (exact) mass is 306 g/mol. The molecule has 3 heteroatoms. The summed E-state index contributed by atoms with van der Waals surface area (Å²) in [7, 11) is 0. The summed E-state index contributed by atoms with van der Waals surface area (Å²) in [6.45, 7) is 8.03. The molecule has 2 nitrogen and oxygen atoms in total. The number of nitrogens with zero attached hydrogens (tertiary/aromatic N) is 1. The van der Waals surface area contributed by atoms with Crippen LogP contribution < -0.4 is 5.32 Å². The Hall–Kier alpha value is -0.570. The van der Waals surface area contributed by atoms with E-state index in [-0.39, 0.29) is 0 Å². The number of halogens is 1. The van der Waals surface area contributed by atoms with Gasteiger partial charge in [0, 0.05) is 36.2 Å². The van der Waals surface area contributed by atoms with Gasteiger partial charge >= 0.3 is 0 Å². The molecule has 1 aliphatic carbocycles. The lowest BCUT2D eigenvalue weighted by molar-refractivity contribution is 0.0203. The standard InChI is InChI=1S/C18H27ClN2/c1-3-18(4-2)13-20-17(15-7-8-15)12-21(18)11-14-5-9-16(19)10-6-14/h5-6,9-10,15,17,20H,3-4,7-8,11-13H2,1-2H3. The van der Waals surface area contributed by atoms with Crippen LogP contribution in [0.15, 0.2) is 24.3 Å². The van der Waals surface area contributed by atoms with Crippen LogP contribution in [0.3, 0.4) is 0 Å². The Balaban J connectivity index is 1.76. The highest BCUT2D eigenvalue weighted by Crippen LogP contribution is 2.37. The minimum absolute atomic E-state index is 0.311. The van der Waals surface area contributed by atoms with Crippen LogP contribution in [0.2, 0.25) is 5.02 Å². The van der Waals surface area contributed by atoms with Gasteiger partial charge in [0.2, 0.25) is 0 Å².